The Labute approximate surface area is 158 Å². The number of carbonyl (C=O) groups is 1. The number of benzene rings is 2. The van der Waals surface area contributed by atoms with Crippen molar-refractivity contribution in [2.45, 2.75) is 39.4 Å². The van der Waals surface area contributed by atoms with Crippen LogP contribution in [-0.2, 0) is 11.4 Å². The summed E-state index contributed by atoms with van der Waals surface area (Å²) < 4.78 is 16.8. The summed E-state index contributed by atoms with van der Waals surface area (Å²) in [5.74, 6) is 1.95. The highest BCUT2D eigenvalue weighted by atomic mass is 16.5. The predicted octanol–water partition coefficient (Wildman–Crippen LogP) is 4.98. The molecule has 0 amide bonds. The second-order valence-corrected chi connectivity index (χ2v) is 6.69. The van der Waals surface area contributed by atoms with Crippen LogP contribution < -0.4 is 9.47 Å². The van der Waals surface area contributed by atoms with Crippen molar-refractivity contribution in [3.8, 4) is 22.8 Å². The molecule has 0 fully saturated rings. The number of rotatable bonds is 8. The van der Waals surface area contributed by atoms with E-state index in [0.717, 1.165) is 17.5 Å². The van der Waals surface area contributed by atoms with E-state index in [1.54, 1.807) is 31.2 Å². The maximum absolute atomic E-state index is 11.1. The number of aldehydes is 1. The lowest BCUT2D eigenvalue weighted by molar-refractivity contribution is -0.120. The van der Waals surface area contributed by atoms with Crippen molar-refractivity contribution < 1.29 is 18.8 Å². The molecule has 5 heteroatoms. The lowest BCUT2D eigenvalue weighted by atomic mass is 10.1. The van der Waals surface area contributed by atoms with Gasteiger partial charge in [-0.25, -0.2) is 0 Å². The Morgan fingerprint density at radius 2 is 1.74 bits per heavy atom. The normalized spacial score (nSPS) is 13.0. The molecule has 0 spiro atoms. The van der Waals surface area contributed by atoms with Crippen molar-refractivity contribution in [3.63, 3.8) is 0 Å². The first kappa shape index (κ1) is 18.7. The Morgan fingerprint density at radius 1 is 1.07 bits per heavy atom. The molecule has 1 aromatic heterocycles. The number of aryl methyl sites for hydroxylation is 1. The van der Waals surface area contributed by atoms with E-state index in [0.29, 0.717) is 23.7 Å². The van der Waals surface area contributed by atoms with Gasteiger partial charge in [0.25, 0.3) is 0 Å². The minimum atomic E-state index is -0.811. The van der Waals surface area contributed by atoms with Gasteiger partial charge in [0.15, 0.2) is 17.6 Å². The molecule has 1 unspecified atom stereocenters. The summed E-state index contributed by atoms with van der Waals surface area (Å²) in [6.45, 7) is 6.00. The second-order valence-electron chi connectivity index (χ2n) is 6.69. The van der Waals surface area contributed by atoms with E-state index in [1.807, 2.05) is 44.2 Å². The zero-order chi connectivity index (χ0) is 19.3. The van der Waals surface area contributed by atoms with Crippen LogP contribution in [0, 0.1) is 6.92 Å². The standard InChI is InChI=1S/C22H23NO4/c1-4-22(3,15-24)26-19-11-9-18(10-12-19)25-14-20-13-21(23-27-20)17-7-5-16(2)6-8-17/h5-13,15H,4,14H2,1-3H3. The molecule has 3 rings (SSSR count). The Kier molecular flexibility index (Phi) is 5.60. The van der Waals surface area contributed by atoms with Crippen LogP contribution in [0.15, 0.2) is 59.1 Å². The Hall–Kier alpha value is -3.08. The van der Waals surface area contributed by atoms with Crippen LogP contribution in [0.25, 0.3) is 11.3 Å². The van der Waals surface area contributed by atoms with Crippen LogP contribution in [0.3, 0.4) is 0 Å². The summed E-state index contributed by atoms with van der Waals surface area (Å²) in [6, 6.07) is 17.1. The van der Waals surface area contributed by atoms with Gasteiger partial charge in [0.2, 0.25) is 0 Å². The zero-order valence-electron chi connectivity index (χ0n) is 15.8. The van der Waals surface area contributed by atoms with E-state index in [9.17, 15) is 4.79 Å². The van der Waals surface area contributed by atoms with Gasteiger partial charge in [0, 0.05) is 11.6 Å². The fourth-order valence-corrected chi connectivity index (χ4v) is 2.45. The third kappa shape index (κ3) is 4.76. The first-order chi connectivity index (χ1) is 13.0. The molecule has 0 bridgehead atoms. The summed E-state index contributed by atoms with van der Waals surface area (Å²) >= 11 is 0. The minimum Gasteiger partial charge on any atom is -0.486 e. The summed E-state index contributed by atoms with van der Waals surface area (Å²) in [5.41, 5.74) is 2.18. The molecule has 1 atom stereocenters. The number of nitrogens with zero attached hydrogens (tertiary/aromatic N) is 1. The molecule has 1 heterocycles. The highest BCUT2D eigenvalue weighted by molar-refractivity contribution is 5.62. The third-order valence-electron chi connectivity index (χ3n) is 4.41. The third-order valence-corrected chi connectivity index (χ3v) is 4.41. The van der Waals surface area contributed by atoms with E-state index in [1.165, 1.54) is 5.56 Å². The minimum absolute atomic E-state index is 0.278. The maximum atomic E-state index is 11.1. The first-order valence-electron chi connectivity index (χ1n) is 8.92. The topological polar surface area (TPSA) is 61.6 Å². The van der Waals surface area contributed by atoms with Crippen LogP contribution in [0.1, 0.15) is 31.6 Å². The summed E-state index contributed by atoms with van der Waals surface area (Å²) in [5, 5.41) is 4.09. The van der Waals surface area contributed by atoms with E-state index < -0.39 is 5.60 Å². The fourth-order valence-electron chi connectivity index (χ4n) is 2.45. The van der Waals surface area contributed by atoms with Gasteiger partial charge >= 0.3 is 0 Å². The lowest BCUT2D eigenvalue weighted by Crippen LogP contribution is -2.33. The quantitative estimate of drug-likeness (QED) is 0.527. The highest BCUT2D eigenvalue weighted by Gasteiger charge is 2.23. The van der Waals surface area contributed by atoms with Crippen molar-refractivity contribution in [3.05, 3.63) is 65.9 Å². The molecule has 0 aliphatic heterocycles. The summed E-state index contributed by atoms with van der Waals surface area (Å²) in [6.07, 6.45) is 1.43. The van der Waals surface area contributed by atoms with E-state index >= 15 is 0 Å². The van der Waals surface area contributed by atoms with E-state index in [4.69, 9.17) is 14.0 Å². The van der Waals surface area contributed by atoms with Crippen molar-refractivity contribution in [1.82, 2.24) is 5.16 Å². The van der Waals surface area contributed by atoms with Crippen LogP contribution >= 0.6 is 0 Å². The van der Waals surface area contributed by atoms with E-state index in [2.05, 4.69) is 5.16 Å². The fraction of sp³-hybridized carbons (Fsp3) is 0.273. The number of ether oxygens (including phenoxy) is 2. The summed E-state index contributed by atoms with van der Waals surface area (Å²) in [4.78, 5) is 11.1. The number of hydrogen-bond donors (Lipinski definition) is 0. The number of carbonyl (C=O) groups excluding carboxylic acids is 1. The van der Waals surface area contributed by atoms with Crippen LogP contribution in [0.5, 0.6) is 11.5 Å². The van der Waals surface area contributed by atoms with Gasteiger partial charge in [-0.3, -0.25) is 4.79 Å². The molecule has 27 heavy (non-hydrogen) atoms. The smallest absolute Gasteiger partial charge is 0.174 e. The molecule has 0 radical (unpaired) electrons. The van der Waals surface area contributed by atoms with Gasteiger partial charge in [-0.15, -0.1) is 0 Å². The van der Waals surface area contributed by atoms with Crippen LogP contribution in [-0.4, -0.2) is 17.0 Å². The summed E-state index contributed by atoms with van der Waals surface area (Å²) in [7, 11) is 0. The zero-order valence-corrected chi connectivity index (χ0v) is 15.8. The van der Waals surface area contributed by atoms with Crippen LogP contribution in [0.2, 0.25) is 0 Å². The average molecular weight is 365 g/mol. The van der Waals surface area contributed by atoms with Gasteiger partial charge < -0.3 is 14.0 Å². The second kappa shape index (κ2) is 8.08. The molecule has 5 nitrogen and oxygen atoms in total. The molecule has 0 aliphatic rings. The molecule has 140 valence electrons. The average Bonchev–Trinajstić information content (AvgIpc) is 3.17. The molecule has 3 aromatic rings. The predicted molar refractivity (Wildman–Crippen MR) is 103 cm³/mol. The van der Waals surface area contributed by atoms with Gasteiger partial charge in [-0.1, -0.05) is 41.9 Å². The van der Waals surface area contributed by atoms with Crippen LogP contribution in [0.4, 0.5) is 0 Å². The van der Waals surface area contributed by atoms with Gasteiger partial charge in [-0.2, -0.15) is 0 Å². The molecular formula is C22H23NO4. The van der Waals surface area contributed by atoms with Crippen molar-refractivity contribution in [2.75, 3.05) is 0 Å². The molecule has 0 N–H and O–H groups in total. The Morgan fingerprint density at radius 3 is 2.37 bits per heavy atom. The molecule has 0 saturated heterocycles. The monoisotopic (exact) mass is 365 g/mol. The molecule has 2 aromatic carbocycles. The molecule has 0 aliphatic carbocycles. The van der Waals surface area contributed by atoms with E-state index in [-0.39, 0.29) is 6.61 Å². The number of hydrogen-bond acceptors (Lipinski definition) is 5. The van der Waals surface area contributed by atoms with Gasteiger partial charge in [0.05, 0.1) is 0 Å². The van der Waals surface area contributed by atoms with Crippen molar-refractivity contribution in [2.24, 2.45) is 0 Å². The van der Waals surface area contributed by atoms with Gasteiger partial charge in [-0.05, 0) is 44.5 Å². The molecular weight excluding hydrogens is 342 g/mol. The van der Waals surface area contributed by atoms with Crippen molar-refractivity contribution in [1.29, 1.82) is 0 Å². The maximum Gasteiger partial charge on any atom is 0.174 e. The SMILES string of the molecule is CCC(C)(C=O)Oc1ccc(OCc2cc(-c3ccc(C)cc3)no2)cc1. The highest BCUT2D eigenvalue weighted by Crippen LogP contribution is 2.24. The molecule has 0 saturated carbocycles. The Bertz CT molecular complexity index is 883. The van der Waals surface area contributed by atoms with Crippen molar-refractivity contribution >= 4 is 6.29 Å². The lowest BCUT2D eigenvalue weighted by Gasteiger charge is -2.23. The Balaban J connectivity index is 1.59. The largest absolute Gasteiger partial charge is 0.486 e. The first-order valence-corrected chi connectivity index (χ1v) is 8.92. The number of aromatic nitrogens is 1. The van der Waals surface area contributed by atoms with Gasteiger partial charge in [0.1, 0.15) is 23.8 Å².